The fraction of sp³-hybridized carbons (Fsp3) is 0.324. The first kappa shape index (κ1) is 27.7. The molecule has 1 aliphatic rings. The minimum atomic E-state index is -0.541. The summed E-state index contributed by atoms with van der Waals surface area (Å²) in [5.41, 5.74) is 8.80. The molecule has 0 aliphatic heterocycles. The van der Waals surface area contributed by atoms with Gasteiger partial charge in [-0.2, -0.15) is 0 Å². The summed E-state index contributed by atoms with van der Waals surface area (Å²) in [5, 5.41) is 0. The molecule has 0 bridgehead atoms. The summed E-state index contributed by atoms with van der Waals surface area (Å²) in [4.78, 5) is 12.4. The van der Waals surface area contributed by atoms with Gasteiger partial charge >= 0.3 is 5.97 Å². The highest BCUT2D eigenvalue weighted by molar-refractivity contribution is 5.75. The van der Waals surface area contributed by atoms with Crippen molar-refractivity contribution in [1.29, 1.82) is 0 Å². The molecule has 3 nitrogen and oxygen atoms in total. The van der Waals surface area contributed by atoms with Gasteiger partial charge in [-0.3, -0.25) is 4.79 Å². The normalized spacial score (nSPS) is 13.9. The smallest absolute Gasteiger partial charge is 0.313 e. The van der Waals surface area contributed by atoms with Crippen LogP contribution in [0.2, 0.25) is 0 Å². The van der Waals surface area contributed by atoms with Crippen LogP contribution in [-0.4, -0.2) is 11.6 Å². The fourth-order valence-electron chi connectivity index (χ4n) is 5.81. The molecular formula is C37H40O3. The Bertz CT molecular complexity index is 1510. The van der Waals surface area contributed by atoms with Crippen LogP contribution in [0.4, 0.5) is 0 Å². The van der Waals surface area contributed by atoms with Crippen molar-refractivity contribution in [3.05, 3.63) is 129 Å². The number of ether oxygens (including phenoxy) is 2. The summed E-state index contributed by atoms with van der Waals surface area (Å²) < 4.78 is 12.2. The van der Waals surface area contributed by atoms with E-state index in [4.69, 9.17) is 9.47 Å². The molecule has 5 rings (SSSR count). The van der Waals surface area contributed by atoms with E-state index in [1.807, 2.05) is 26.8 Å². The van der Waals surface area contributed by atoms with Crippen molar-refractivity contribution in [1.82, 2.24) is 0 Å². The van der Waals surface area contributed by atoms with Crippen LogP contribution in [0.15, 0.2) is 84.9 Å². The van der Waals surface area contributed by atoms with Gasteiger partial charge in [-0.1, -0.05) is 93.6 Å². The molecule has 0 heterocycles. The molecule has 0 N–H and O–H groups in total. The summed E-state index contributed by atoms with van der Waals surface area (Å²) in [6.07, 6.45) is 1.81. The Balaban J connectivity index is 1.77. The molecule has 0 saturated heterocycles. The summed E-state index contributed by atoms with van der Waals surface area (Å²) >= 11 is 0. The molecule has 1 aliphatic carbocycles. The Morgan fingerprint density at radius 3 is 1.77 bits per heavy atom. The van der Waals surface area contributed by atoms with Crippen LogP contribution in [-0.2, 0) is 16.6 Å². The van der Waals surface area contributed by atoms with E-state index in [0.717, 1.165) is 35.3 Å². The van der Waals surface area contributed by atoms with E-state index >= 15 is 0 Å². The first-order valence-electron chi connectivity index (χ1n) is 14.4. The van der Waals surface area contributed by atoms with Crippen molar-refractivity contribution in [2.24, 2.45) is 5.92 Å². The second-order valence-electron chi connectivity index (χ2n) is 12.0. The number of hydrogen-bond acceptors (Lipinski definition) is 3. The third-order valence-corrected chi connectivity index (χ3v) is 8.36. The molecule has 0 atom stereocenters. The largest absolute Gasteiger partial charge is 0.488 e. The van der Waals surface area contributed by atoms with Crippen molar-refractivity contribution in [2.75, 3.05) is 0 Å². The topological polar surface area (TPSA) is 35.5 Å². The predicted octanol–water partition coefficient (Wildman–Crippen LogP) is 8.72. The lowest BCUT2D eigenvalue weighted by Gasteiger charge is -2.43. The molecule has 0 amide bonds. The lowest BCUT2D eigenvalue weighted by atomic mass is 9.59. The molecule has 0 radical (unpaired) electrons. The second-order valence-corrected chi connectivity index (χ2v) is 12.0. The molecule has 0 spiro atoms. The van der Waals surface area contributed by atoms with Crippen LogP contribution in [0.3, 0.4) is 0 Å². The molecule has 0 saturated carbocycles. The summed E-state index contributed by atoms with van der Waals surface area (Å²) in [6, 6.07) is 30.5. The van der Waals surface area contributed by atoms with Crippen LogP contribution in [0.25, 0.3) is 0 Å². The van der Waals surface area contributed by atoms with Gasteiger partial charge < -0.3 is 9.47 Å². The van der Waals surface area contributed by atoms with Crippen molar-refractivity contribution in [3.63, 3.8) is 0 Å². The van der Waals surface area contributed by atoms with E-state index in [1.165, 1.54) is 27.8 Å². The number of fused-ring (bicyclic) bond motifs is 2. The fourth-order valence-corrected chi connectivity index (χ4v) is 5.81. The number of hydrogen-bond donors (Lipinski definition) is 0. The van der Waals surface area contributed by atoms with Gasteiger partial charge in [0.2, 0.25) is 0 Å². The van der Waals surface area contributed by atoms with Gasteiger partial charge in [-0.15, -0.1) is 0 Å². The van der Waals surface area contributed by atoms with Crippen molar-refractivity contribution in [2.45, 2.75) is 72.3 Å². The van der Waals surface area contributed by atoms with Gasteiger partial charge in [0.15, 0.2) is 0 Å². The van der Waals surface area contributed by atoms with Crippen molar-refractivity contribution in [3.8, 4) is 11.5 Å². The third-order valence-electron chi connectivity index (χ3n) is 8.36. The van der Waals surface area contributed by atoms with Crippen LogP contribution >= 0.6 is 0 Å². The average molecular weight is 533 g/mol. The first-order chi connectivity index (χ1) is 19.1. The first-order valence-corrected chi connectivity index (χ1v) is 14.4. The monoisotopic (exact) mass is 532 g/mol. The number of aryl methyl sites for hydroxylation is 2. The van der Waals surface area contributed by atoms with E-state index in [2.05, 4.69) is 107 Å². The lowest BCUT2D eigenvalue weighted by molar-refractivity contribution is -0.137. The third kappa shape index (κ3) is 4.83. The highest BCUT2D eigenvalue weighted by Gasteiger charge is 2.44. The van der Waals surface area contributed by atoms with Crippen LogP contribution < -0.4 is 9.47 Å². The highest BCUT2D eigenvalue weighted by atomic mass is 16.5. The van der Waals surface area contributed by atoms with E-state index in [-0.39, 0.29) is 17.5 Å². The minimum absolute atomic E-state index is 0.191. The van der Waals surface area contributed by atoms with Gasteiger partial charge in [0.05, 0.1) is 11.3 Å². The zero-order valence-electron chi connectivity index (χ0n) is 24.8. The van der Waals surface area contributed by atoms with Gasteiger partial charge in [-0.25, -0.2) is 0 Å². The minimum Gasteiger partial charge on any atom is -0.488 e. The molecule has 0 unspecified atom stereocenters. The van der Waals surface area contributed by atoms with Crippen LogP contribution in [0.5, 0.6) is 11.5 Å². The number of esters is 1. The van der Waals surface area contributed by atoms with Crippen molar-refractivity contribution < 1.29 is 14.3 Å². The molecule has 206 valence electrons. The summed E-state index contributed by atoms with van der Waals surface area (Å²) in [6.45, 7) is 14.3. The Kier molecular flexibility index (Phi) is 7.35. The Morgan fingerprint density at radius 1 is 0.800 bits per heavy atom. The van der Waals surface area contributed by atoms with E-state index in [0.29, 0.717) is 5.75 Å². The van der Waals surface area contributed by atoms with Gasteiger partial charge in [0, 0.05) is 0 Å². The maximum absolute atomic E-state index is 12.4. The number of carbonyl (C=O) groups is 1. The molecular weight excluding hydrogens is 492 g/mol. The standard InChI is InChI=1S/C37H40O3/c1-8-36(6,7)40-34-20-18-30(22-26(34)5)37(29-17-19-33(25(4)21-29)39-35(38)24(2)3)31-15-11-9-13-27(31)23-28-14-10-12-16-32(28)37/h9-22,24H,8,23H2,1-7H3. The second kappa shape index (κ2) is 10.6. The van der Waals surface area contributed by atoms with Crippen molar-refractivity contribution >= 4 is 5.97 Å². The summed E-state index contributed by atoms with van der Waals surface area (Å²) in [7, 11) is 0. The van der Waals surface area contributed by atoms with Gasteiger partial charge in [0.25, 0.3) is 0 Å². The van der Waals surface area contributed by atoms with E-state index < -0.39 is 5.41 Å². The molecule has 0 aromatic heterocycles. The number of rotatable bonds is 7. The highest BCUT2D eigenvalue weighted by Crippen LogP contribution is 2.52. The van der Waals surface area contributed by atoms with Gasteiger partial charge in [-0.05, 0) is 97.2 Å². The van der Waals surface area contributed by atoms with E-state index in [9.17, 15) is 4.79 Å². The molecule has 40 heavy (non-hydrogen) atoms. The zero-order valence-corrected chi connectivity index (χ0v) is 24.8. The predicted molar refractivity (Wildman–Crippen MR) is 163 cm³/mol. The Morgan fingerprint density at radius 2 is 1.30 bits per heavy atom. The maximum Gasteiger partial charge on any atom is 0.313 e. The lowest BCUT2D eigenvalue weighted by Crippen LogP contribution is -2.36. The molecule has 4 aromatic carbocycles. The Labute approximate surface area is 239 Å². The average Bonchev–Trinajstić information content (AvgIpc) is 2.93. The Hall–Kier alpha value is -3.85. The number of carbonyl (C=O) groups excluding carboxylic acids is 1. The molecule has 0 fully saturated rings. The quantitative estimate of drug-likeness (QED) is 0.155. The SMILES string of the molecule is CCC(C)(C)Oc1ccc(C2(c3ccc(OC(=O)C(C)C)c(C)c3)c3ccccc3Cc3ccccc32)cc1C. The van der Waals surface area contributed by atoms with Gasteiger partial charge in [0.1, 0.15) is 17.1 Å². The van der Waals surface area contributed by atoms with E-state index in [1.54, 1.807) is 0 Å². The molecule has 3 heteroatoms. The van der Waals surface area contributed by atoms with Crippen LogP contribution in [0, 0.1) is 19.8 Å². The zero-order chi connectivity index (χ0) is 28.7. The summed E-state index contributed by atoms with van der Waals surface area (Å²) in [5.74, 6) is 1.11. The van der Waals surface area contributed by atoms with Crippen LogP contribution in [0.1, 0.15) is 85.5 Å². The maximum atomic E-state index is 12.4. The number of benzene rings is 4. The molecule has 4 aromatic rings.